The summed E-state index contributed by atoms with van der Waals surface area (Å²) in [6.07, 6.45) is 0.417. The van der Waals surface area contributed by atoms with Crippen molar-refractivity contribution in [3.05, 3.63) is 33.8 Å². The van der Waals surface area contributed by atoms with Gasteiger partial charge in [-0.1, -0.05) is 52.1 Å². The average Bonchev–Trinajstić information content (AvgIpc) is 2.20. The first-order valence-corrected chi connectivity index (χ1v) is 5.84. The Hall–Kier alpha value is -0.250. The quantitative estimate of drug-likeness (QED) is 0.854. The first kappa shape index (κ1) is 12.8. The van der Waals surface area contributed by atoms with E-state index in [2.05, 4.69) is 15.9 Å². The third kappa shape index (κ3) is 2.47. The molecule has 0 amide bonds. The molecule has 0 fully saturated rings. The minimum absolute atomic E-state index is 0.354. The Bertz CT molecular complexity index is 395. The normalized spacial score (nSPS) is 14.7. The van der Waals surface area contributed by atoms with E-state index in [0.717, 1.165) is 0 Å². The fourth-order valence-corrected chi connectivity index (χ4v) is 1.77. The Balaban J connectivity index is 3.25. The molecule has 0 bridgehead atoms. The van der Waals surface area contributed by atoms with Crippen LogP contribution in [0.2, 0.25) is 10.0 Å². The van der Waals surface area contributed by atoms with Gasteiger partial charge >= 0.3 is 5.97 Å². The summed E-state index contributed by atoms with van der Waals surface area (Å²) < 4.78 is -1.10. The molecule has 0 saturated heterocycles. The second kappa shape index (κ2) is 4.73. The number of aliphatic carboxylic acids is 1. The van der Waals surface area contributed by atoms with Crippen molar-refractivity contribution in [3.8, 4) is 0 Å². The van der Waals surface area contributed by atoms with Crippen LogP contribution in [0.15, 0.2) is 18.2 Å². The molecule has 5 heteroatoms. The fraction of sp³-hybridized carbons (Fsp3) is 0.300. The summed E-state index contributed by atoms with van der Waals surface area (Å²) in [6, 6.07) is 4.81. The molecule has 1 N–H and O–H groups in total. The van der Waals surface area contributed by atoms with Crippen molar-refractivity contribution in [3.63, 3.8) is 0 Å². The van der Waals surface area contributed by atoms with Gasteiger partial charge in [0.1, 0.15) is 4.32 Å². The molecule has 2 nitrogen and oxygen atoms in total. The number of hydrogen-bond acceptors (Lipinski definition) is 1. The minimum Gasteiger partial charge on any atom is -0.480 e. The van der Waals surface area contributed by atoms with Gasteiger partial charge in [0.2, 0.25) is 0 Å². The Morgan fingerprint density at radius 1 is 1.47 bits per heavy atom. The minimum atomic E-state index is -1.10. The first-order valence-electron chi connectivity index (χ1n) is 4.29. The molecular formula is C10H9BrCl2O2. The fourth-order valence-electron chi connectivity index (χ4n) is 1.22. The molecule has 1 rings (SSSR count). The van der Waals surface area contributed by atoms with Crippen molar-refractivity contribution in [2.75, 3.05) is 0 Å². The summed E-state index contributed by atoms with van der Waals surface area (Å²) in [4.78, 5) is 11.1. The highest BCUT2D eigenvalue weighted by Gasteiger charge is 2.35. The summed E-state index contributed by atoms with van der Waals surface area (Å²) in [7, 11) is 0. The lowest BCUT2D eigenvalue weighted by Crippen LogP contribution is -2.28. The molecule has 1 aromatic carbocycles. The maximum absolute atomic E-state index is 11.1. The van der Waals surface area contributed by atoms with Crippen LogP contribution in [0.1, 0.15) is 18.9 Å². The van der Waals surface area contributed by atoms with E-state index in [4.69, 9.17) is 28.3 Å². The van der Waals surface area contributed by atoms with Crippen LogP contribution in [0.25, 0.3) is 0 Å². The Morgan fingerprint density at radius 2 is 2.07 bits per heavy atom. The highest BCUT2D eigenvalue weighted by molar-refractivity contribution is 9.10. The van der Waals surface area contributed by atoms with Crippen LogP contribution in [0, 0.1) is 0 Å². The second-order valence-corrected chi connectivity index (χ2v) is 5.26. The van der Waals surface area contributed by atoms with Crippen molar-refractivity contribution >= 4 is 45.1 Å². The molecule has 0 saturated carbocycles. The van der Waals surface area contributed by atoms with Gasteiger partial charge in [0.25, 0.3) is 0 Å². The molecule has 0 heterocycles. The summed E-state index contributed by atoms with van der Waals surface area (Å²) in [5.41, 5.74) is 0.590. The summed E-state index contributed by atoms with van der Waals surface area (Å²) in [6.45, 7) is 1.78. The van der Waals surface area contributed by atoms with Crippen molar-refractivity contribution in [1.29, 1.82) is 0 Å². The molecule has 1 atom stereocenters. The number of alkyl halides is 1. The number of halogens is 3. The SMILES string of the molecule is CCC(Br)(C(=O)O)c1ccc(Cl)c(Cl)c1. The molecule has 82 valence electrons. The Morgan fingerprint density at radius 3 is 2.47 bits per heavy atom. The maximum Gasteiger partial charge on any atom is 0.324 e. The van der Waals surface area contributed by atoms with Gasteiger partial charge in [-0.25, -0.2) is 0 Å². The zero-order chi connectivity index (χ0) is 11.6. The lowest BCUT2D eigenvalue weighted by molar-refractivity contribution is -0.140. The summed E-state index contributed by atoms with van der Waals surface area (Å²) in [5, 5.41) is 9.89. The van der Waals surface area contributed by atoms with E-state index in [-0.39, 0.29) is 0 Å². The lowest BCUT2D eigenvalue weighted by Gasteiger charge is -2.21. The van der Waals surface area contributed by atoms with Crippen molar-refractivity contribution in [1.82, 2.24) is 0 Å². The summed E-state index contributed by atoms with van der Waals surface area (Å²) >= 11 is 14.8. The smallest absolute Gasteiger partial charge is 0.324 e. The third-order valence-corrected chi connectivity index (χ3v) is 4.30. The van der Waals surface area contributed by atoms with Crippen LogP contribution in [0.5, 0.6) is 0 Å². The molecule has 1 aromatic rings. The largest absolute Gasteiger partial charge is 0.480 e. The van der Waals surface area contributed by atoms with Gasteiger partial charge in [-0.15, -0.1) is 0 Å². The van der Waals surface area contributed by atoms with Crippen LogP contribution in [-0.4, -0.2) is 11.1 Å². The van der Waals surface area contributed by atoms with Gasteiger partial charge in [-0.2, -0.15) is 0 Å². The second-order valence-electron chi connectivity index (χ2n) is 3.09. The number of carbonyl (C=O) groups is 1. The van der Waals surface area contributed by atoms with Crippen molar-refractivity contribution < 1.29 is 9.90 Å². The molecule has 0 aliphatic carbocycles. The maximum atomic E-state index is 11.1. The van der Waals surface area contributed by atoms with E-state index in [1.54, 1.807) is 25.1 Å². The molecule has 15 heavy (non-hydrogen) atoms. The Kier molecular flexibility index (Phi) is 4.04. The van der Waals surface area contributed by atoms with E-state index < -0.39 is 10.3 Å². The molecule has 1 unspecified atom stereocenters. The predicted octanol–water partition coefficient (Wildman–Crippen LogP) is 4.08. The lowest BCUT2D eigenvalue weighted by atomic mass is 9.96. The molecular weight excluding hydrogens is 303 g/mol. The van der Waals surface area contributed by atoms with Crippen molar-refractivity contribution in [2.45, 2.75) is 17.7 Å². The number of rotatable bonds is 3. The van der Waals surface area contributed by atoms with Crippen molar-refractivity contribution in [2.24, 2.45) is 0 Å². The molecule has 0 radical (unpaired) electrons. The zero-order valence-corrected chi connectivity index (χ0v) is 11.0. The van der Waals surface area contributed by atoms with Crippen LogP contribution in [0.3, 0.4) is 0 Å². The van der Waals surface area contributed by atoms with Crippen LogP contribution < -0.4 is 0 Å². The van der Waals surface area contributed by atoms with Crippen LogP contribution >= 0.6 is 39.1 Å². The number of carboxylic acid groups (broad SMARTS) is 1. The number of hydrogen-bond donors (Lipinski definition) is 1. The molecule has 0 aromatic heterocycles. The topological polar surface area (TPSA) is 37.3 Å². The van der Waals surface area contributed by atoms with E-state index in [1.165, 1.54) is 0 Å². The van der Waals surface area contributed by atoms with Gasteiger partial charge in [0.05, 0.1) is 10.0 Å². The standard InChI is InChI=1S/C10H9BrCl2O2/c1-2-10(11,9(14)15)6-3-4-7(12)8(13)5-6/h3-5H,2H2,1H3,(H,14,15). The van der Waals surface area contributed by atoms with Gasteiger partial charge in [0.15, 0.2) is 0 Å². The van der Waals surface area contributed by atoms with E-state index in [9.17, 15) is 4.79 Å². The number of carboxylic acids is 1. The third-order valence-electron chi connectivity index (χ3n) is 2.20. The van der Waals surface area contributed by atoms with Gasteiger partial charge in [-0.3, -0.25) is 4.79 Å². The number of benzene rings is 1. The molecule has 0 spiro atoms. The Labute approximate surface area is 106 Å². The average molecular weight is 312 g/mol. The van der Waals surface area contributed by atoms with Gasteiger partial charge < -0.3 is 5.11 Å². The van der Waals surface area contributed by atoms with Crippen LogP contribution in [-0.2, 0) is 9.12 Å². The monoisotopic (exact) mass is 310 g/mol. The first-order chi connectivity index (χ1) is 6.91. The van der Waals surface area contributed by atoms with Gasteiger partial charge in [0, 0.05) is 0 Å². The zero-order valence-electron chi connectivity index (χ0n) is 7.93. The molecule has 0 aliphatic heterocycles. The van der Waals surface area contributed by atoms with Gasteiger partial charge in [-0.05, 0) is 24.1 Å². The molecule has 0 aliphatic rings. The van der Waals surface area contributed by atoms with E-state index in [0.29, 0.717) is 22.0 Å². The van der Waals surface area contributed by atoms with E-state index >= 15 is 0 Å². The highest BCUT2D eigenvalue weighted by atomic mass is 79.9. The van der Waals surface area contributed by atoms with Crippen LogP contribution in [0.4, 0.5) is 0 Å². The summed E-state index contributed by atoms with van der Waals surface area (Å²) in [5.74, 6) is -0.941. The van der Waals surface area contributed by atoms with E-state index in [1.807, 2.05) is 0 Å². The highest BCUT2D eigenvalue weighted by Crippen LogP contribution is 2.37. The predicted molar refractivity (Wildman–Crippen MR) is 65.0 cm³/mol.